The van der Waals surface area contributed by atoms with Crippen LogP contribution in [0.3, 0.4) is 0 Å². The van der Waals surface area contributed by atoms with Crippen molar-refractivity contribution in [1.29, 1.82) is 0 Å². The Morgan fingerprint density at radius 3 is 2.90 bits per heavy atom. The zero-order valence-electron chi connectivity index (χ0n) is 10.5. The van der Waals surface area contributed by atoms with E-state index in [4.69, 9.17) is 0 Å². The van der Waals surface area contributed by atoms with Crippen LogP contribution in [-0.4, -0.2) is 26.4 Å². The molecule has 9 heteroatoms. The fraction of sp³-hybridized carbons (Fsp3) is 0.182. The average Bonchev–Trinajstić information content (AvgIpc) is 2.39. The molecule has 0 unspecified atom stereocenters. The lowest BCUT2D eigenvalue weighted by Crippen LogP contribution is -2.06. The van der Waals surface area contributed by atoms with Crippen LogP contribution in [0.2, 0.25) is 0 Å². The van der Waals surface area contributed by atoms with Gasteiger partial charge in [-0.15, -0.1) is 0 Å². The second-order valence-corrected chi connectivity index (χ2v) is 4.63. The predicted molar refractivity (Wildman–Crippen MR) is 74.0 cm³/mol. The number of aromatic nitrogens is 3. The minimum atomic E-state index is -0.522. The molecule has 0 fully saturated rings. The highest BCUT2D eigenvalue weighted by Crippen LogP contribution is 2.31. The molecular weight excluding hydrogens is 282 g/mol. The van der Waals surface area contributed by atoms with Crippen LogP contribution >= 0.6 is 11.8 Å². The van der Waals surface area contributed by atoms with Crippen LogP contribution in [-0.2, 0) is 0 Å². The fourth-order valence-corrected chi connectivity index (χ4v) is 2.26. The molecule has 2 aromatic rings. The Kier molecular flexibility index (Phi) is 4.31. The molecule has 0 aromatic carbocycles. The summed E-state index contributed by atoms with van der Waals surface area (Å²) in [5, 5.41) is 14.4. The summed E-state index contributed by atoms with van der Waals surface area (Å²) in [6, 6.07) is 4.17. The van der Waals surface area contributed by atoms with Gasteiger partial charge < -0.3 is 10.3 Å². The first-order valence-corrected chi connectivity index (χ1v) is 6.54. The summed E-state index contributed by atoms with van der Waals surface area (Å²) < 4.78 is 0. The van der Waals surface area contributed by atoms with Crippen molar-refractivity contribution in [1.82, 2.24) is 15.0 Å². The van der Waals surface area contributed by atoms with Gasteiger partial charge in [0, 0.05) is 24.9 Å². The van der Waals surface area contributed by atoms with Crippen LogP contribution in [0.1, 0.15) is 6.92 Å². The summed E-state index contributed by atoms with van der Waals surface area (Å²) in [4.78, 5) is 32.2. The minimum Gasteiger partial charge on any atom is -0.370 e. The molecule has 0 spiro atoms. The largest absolute Gasteiger partial charge is 0.370 e. The first-order valence-electron chi connectivity index (χ1n) is 5.72. The van der Waals surface area contributed by atoms with Gasteiger partial charge in [0.05, 0.1) is 4.92 Å². The smallest absolute Gasteiger partial charge is 0.301 e. The van der Waals surface area contributed by atoms with Crippen LogP contribution in [0.25, 0.3) is 0 Å². The summed E-state index contributed by atoms with van der Waals surface area (Å²) in [7, 11) is 0. The molecule has 2 rings (SSSR count). The molecule has 0 aliphatic heterocycles. The van der Waals surface area contributed by atoms with E-state index in [0.717, 1.165) is 11.8 Å². The van der Waals surface area contributed by atoms with Crippen molar-refractivity contribution in [2.24, 2.45) is 0 Å². The first-order chi connectivity index (χ1) is 9.60. The third-order valence-electron chi connectivity index (χ3n) is 2.24. The van der Waals surface area contributed by atoms with Crippen LogP contribution in [0, 0.1) is 10.1 Å². The molecule has 0 radical (unpaired) electrons. The molecule has 2 aromatic heterocycles. The number of hydrogen-bond donors (Lipinski definition) is 2. The standard InChI is InChI=1S/C11H11N5O3S/c1-2-12-8-4-3-7(16(18)19)10(14-8)20-11-13-6-5-9(17)15-11/h3-6H,2H2,1H3,(H,12,14)(H,13,15,17). The van der Waals surface area contributed by atoms with Crippen molar-refractivity contribution in [3.63, 3.8) is 0 Å². The highest BCUT2D eigenvalue weighted by atomic mass is 32.2. The fourth-order valence-electron chi connectivity index (χ4n) is 1.42. The Morgan fingerprint density at radius 2 is 2.25 bits per heavy atom. The number of aromatic amines is 1. The van der Waals surface area contributed by atoms with Crippen LogP contribution in [0.15, 0.2) is 39.4 Å². The molecule has 0 aliphatic rings. The van der Waals surface area contributed by atoms with E-state index in [1.54, 1.807) is 0 Å². The summed E-state index contributed by atoms with van der Waals surface area (Å²) >= 11 is 0.937. The Labute approximate surface area is 117 Å². The maximum absolute atomic E-state index is 11.2. The molecule has 2 N–H and O–H groups in total. The lowest BCUT2D eigenvalue weighted by Gasteiger charge is -2.05. The lowest BCUT2D eigenvalue weighted by molar-refractivity contribution is -0.388. The Balaban J connectivity index is 2.39. The average molecular weight is 293 g/mol. The predicted octanol–water partition coefficient (Wildman–Crippen LogP) is 1.66. The molecule has 0 aliphatic carbocycles. The van der Waals surface area contributed by atoms with E-state index in [1.165, 1.54) is 24.4 Å². The van der Waals surface area contributed by atoms with Gasteiger partial charge in [-0.2, -0.15) is 0 Å². The zero-order valence-corrected chi connectivity index (χ0v) is 11.3. The Morgan fingerprint density at radius 1 is 1.45 bits per heavy atom. The molecule has 0 amide bonds. The van der Waals surface area contributed by atoms with Gasteiger partial charge in [0.25, 0.3) is 5.56 Å². The van der Waals surface area contributed by atoms with Crippen molar-refractivity contribution in [2.75, 3.05) is 11.9 Å². The highest BCUT2D eigenvalue weighted by molar-refractivity contribution is 7.99. The van der Waals surface area contributed by atoms with Gasteiger partial charge in [0.1, 0.15) is 5.82 Å². The number of nitro groups is 1. The van der Waals surface area contributed by atoms with Gasteiger partial charge in [-0.05, 0) is 24.8 Å². The molecule has 104 valence electrons. The summed E-state index contributed by atoms with van der Waals surface area (Å²) in [5.41, 5.74) is -0.462. The number of H-pyrrole nitrogens is 1. The summed E-state index contributed by atoms with van der Waals surface area (Å²) in [6.45, 7) is 2.54. The number of anilines is 1. The molecule has 0 bridgehead atoms. The van der Waals surface area contributed by atoms with Crippen LogP contribution in [0.4, 0.5) is 11.5 Å². The van der Waals surface area contributed by atoms with E-state index >= 15 is 0 Å². The molecule has 2 heterocycles. The summed E-state index contributed by atoms with van der Waals surface area (Å²) in [6.07, 6.45) is 1.33. The maximum atomic E-state index is 11.2. The molecular formula is C11H11N5O3S. The van der Waals surface area contributed by atoms with E-state index in [1.807, 2.05) is 6.92 Å². The van der Waals surface area contributed by atoms with Gasteiger partial charge in [0.2, 0.25) is 0 Å². The molecule has 0 atom stereocenters. The van der Waals surface area contributed by atoms with E-state index in [9.17, 15) is 14.9 Å². The second kappa shape index (κ2) is 6.15. The van der Waals surface area contributed by atoms with Gasteiger partial charge in [-0.1, -0.05) is 0 Å². The number of rotatable bonds is 5. The SMILES string of the molecule is CCNc1ccc([N+](=O)[O-])c(Sc2nccc(=O)[nH]2)n1. The van der Waals surface area contributed by atoms with Crippen molar-refractivity contribution in [3.05, 3.63) is 44.9 Å². The number of hydrogen-bond acceptors (Lipinski definition) is 7. The third kappa shape index (κ3) is 3.32. The van der Waals surface area contributed by atoms with Crippen LogP contribution < -0.4 is 10.9 Å². The van der Waals surface area contributed by atoms with E-state index < -0.39 is 4.92 Å². The normalized spacial score (nSPS) is 10.2. The van der Waals surface area contributed by atoms with Gasteiger partial charge in [0.15, 0.2) is 10.2 Å². The molecule has 8 nitrogen and oxygen atoms in total. The molecule has 0 saturated heterocycles. The second-order valence-electron chi connectivity index (χ2n) is 3.65. The monoisotopic (exact) mass is 293 g/mol. The van der Waals surface area contributed by atoms with Gasteiger partial charge in [-0.3, -0.25) is 14.9 Å². The van der Waals surface area contributed by atoms with Gasteiger partial charge >= 0.3 is 5.69 Å². The lowest BCUT2D eigenvalue weighted by atomic mass is 10.4. The zero-order chi connectivity index (χ0) is 14.5. The third-order valence-corrected chi connectivity index (χ3v) is 3.13. The number of nitrogens with one attached hydrogen (secondary N) is 2. The summed E-state index contributed by atoms with van der Waals surface area (Å²) in [5.74, 6) is 0.527. The van der Waals surface area contributed by atoms with Crippen molar-refractivity contribution >= 4 is 23.3 Å². The minimum absolute atomic E-state index is 0.136. The van der Waals surface area contributed by atoms with E-state index in [2.05, 4.69) is 20.3 Å². The van der Waals surface area contributed by atoms with E-state index in [-0.39, 0.29) is 21.4 Å². The van der Waals surface area contributed by atoms with Crippen LogP contribution in [0.5, 0.6) is 0 Å². The Bertz CT molecular complexity index is 688. The molecule has 20 heavy (non-hydrogen) atoms. The van der Waals surface area contributed by atoms with E-state index in [0.29, 0.717) is 12.4 Å². The molecule has 0 saturated carbocycles. The van der Waals surface area contributed by atoms with Crippen molar-refractivity contribution in [2.45, 2.75) is 17.1 Å². The van der Waals surface area contributed by atoms with Crippen molar-refractivity contribution < 1.29 is 4.92 Å². The quantitative estimate of drug-likeness (QED) is 0.489. The topological polar surface area (TPSA) is 114 Å². The van der Waals surface area contributed by atoms with Gasteiger partial charge in [-0.25, -0.2) is 9.97 Å². The number of nitrogens with zero attached hydrogens (tertiary/aromatic N) is 3. The first kappa shape index (κ1) is 14.0. The highest BCUT2D eigenvalue weighted by Gasteiger charge is 2.18. The van der Waals surface area contributed by atoms with Crippen molar-refractivity contribution in [3.8, 4) is 0 Å². The Hall–Kier alpha value is -2.42. The number of pyridine rings is 1. The maximum Gasteiger partial charge on any atom is 0.301 e.